The van der Waals surface area contributed by atoms with Crippen molar-refractivity contribution in [1.29, 1.82) is 0 Å². The van der Waals surface area contributed by atoms with Crippen LogP contribution in [0.3, 0.4) is 0 Å². The quantitative estimate of drug-likeness (QED) is 0.886. The fourth-order valence-electron chi connectivity index (χ4n) is 3.10. The van der Waals surface area contributed by atoms with Crippen molar-refractivity contribution in [3.63, 3.8) is 0 Å². The molecule has 0 amide bonds. The monoisotopic (exact) mass is 250 g/mol. The molecule has 1 aliphatic carbocycles. The highest BCUT2D eigenvalue weighted by atomic mass is 15.3. The van der Waals surface area contributed by atoms with Gasteiger partial charge in [0.15, 0.2) is 0 Å². The summed E-state index contributed by atoms with van der Waals surface area (Å²) in [6, 6.07) is 0. The number of nitrogens with zero attached hydrogens (tertiary/aromatic N) is 3. The average Bonchev–Trinajstić information content (AvgIpc) is 2.57. The molecular weight excluding hydrogens is 224 g/mol. The lowest BCUT2D eigenvalue weighted by Gasteiger charge is -2.36. The van der Waals surface area contributed by atoms with Crippen LogP contribution in [0.5, 0.6) is 0 Å². The standard InChI is InChI=1S/C14H26N4/c1-12-13(10-18(3)16-12)9-17(2)11-14(15)7-5-4-6-8-14/h10H,4-9,11,15H2,1-3H3. The van der Waals surface area contributed by atoms with E-state index >= 15 is 0 Å². The summed E-state index contributed by atoms with van der Waals surface area (Å²) in [6.07, 6.45) is 8.37. The van der Waals surface area contributed by atoms with Gasteiger partial charge in [0.1, 0.15) is 0 Å². The molecule has 1 fully saturated rings. The van der Waals surface area contributed by atoms with Crippen LogP contribution in [0.25, 0.3) is 0 Å². The number of aryl methyl sites for hydroxylation is 2. The summed E-state index contributed by atoms with van der Waals surface area (Å²) in [5, 5.41) is 4.39. The van der Waals surface area contributed by atoms with Gasteiger partial charge in [0.25, 0.3) is 0 Å². The van der Waals surface area contributed by atoms with Gasteiger partial charge < -0.3 is 10.6 Å². The van der Waals surface area contributed by atoms with E-state index in [0.29, 0.717) is 0 Å². The Labute approximate surface area is 110 Å². The largest absolute Gasteiger partial charge is 0.324 e. The number of hydrogen-bond donors (Lipinski definition) is 1. The van der Waals surface area contributed by atoms with Crippen LogP contribution < -0.4 is 5.73 Å². The third-order valence-electron chi connectivity index (χ3n) is 3.99. The van der Waals surface area contributed by atoms with Gasteiger partial charge in [0, 0.05) is 37.4 Å². The van der Waals surface area contributed by atoms with Crippen molar-refractivity contribution in [2.45, 2.75) is 51.1 Å². The predicted molar refractivity (Wildman–Crippen MR) is 74.3 cm³/mol. The van der Waals surface area contributed by atoms with Crippen molar-refractivity contribution in [2.24, 2.45) is 12.8 Å². The summed E-state index contributed by atoms with van der Waals surface area (Å²) < 4.78 is 1.89. The lowest BCUT2D eigenvalue weighted by molar-refractivity contribution is 0.193. The molecule has 0 aromatic carbocycles. The van der Waals surface area contributed by atoms with Gasteiger partial charge in [-0.25, -0.2) is 0 Å². The van der Waals surface area contributed by atoms with Gasteiger partial charge in [-0.05, 0) is 26.8 Å². The molecule has 1 aromatic rings. The summed E-state index contributed by atoms with van der Waals surface area (Å²) in [5.41, 5.74) is 8.95. The molecule has 0 radical (unpaired) electrons. The average molecular weight is 250 g/mol. The molecular formula is C14H26N4. The zero-order valence-corrected chi connectivity index (χ0v) is 11.9. The molecule has 4 nitrogen and oxygen atoms in total. The van der Waals surface area contributed by atoms with Gasteiger partial charge in [0.05, 0.1) is 5.69 Å². The minimum atomic E-state index is 0.0309. The van der Waals surface area contributed by atoms with E-state index in [1.165, 1.54) is 37.7 Å². The van der Waals surface area contributed by atoms with Crippen molar-refractivity contribution >= 4 is 0 Å². The van der Waals surface area contributed by atoms with Crippen LogP contribution in [-0.2, 0) is 13.6 Å². The molecule has 0 aliphatic heterocycles. The Morgan fingerprint density at radius 3 is 2.61 bits per heavy atom. The van der Waals surface area contributed by atoms with E-state index in [0.717, 1.165) is 18.8 Å². The maximum absolute atomic E-state index is 6.49. The second-order valence-corrected chi connectivity index (χ2v) is 6.01. The molecule has 0 bridgehead atoms. The van der Waals surface area contributed by atoms with Gasteiger partial charge in [-0.3, -0.25) is 4.68 Å². The van der Waals surface area contributed by atoms with Gasteiger partial charge in [-0.2, -0.15) is 5.10 Å². The fraction of sp³-hybridized carbons (Fsp3) is 0.786. The Balaban J connectivity index is 1.91. The summed E-state index contributed by atoms with van der Waals surface area (Å²) in [4.78, 5) is 2.34. The maximum Gasteiger partial charge on any atom is 0.0638 e. The van der Waals surface area contributed by atoms with E-state index in [1.54, 1.807) is 0 Å². The molecule has 0 saturated heterocycles. The SMILES string of the molecule is Cc1nn(C)cc1CN(C)CC1(N)CCCCC1. The van der Waals surface area contributed by atoms with Crippen molar-refractivity contribution < 1.29 is 0 Å². The van der Waals surface area contributed by atoms with Gasteiger partial charge >= 0.3 is 0 Å². The first-order chi connectivity index (χ1) is 8.48. The lowest BCUT2D eigenvalue weighted by Crippen LogP contribution is -2.50. The van der Waals surface area contributed by atoms with Crippen LogP contribution in [0.4, 0.5) is 0 Å². The Bertz CT molecular complexity index is 390. The van der Waals surface area contributed by atoms with Crippen molar-refractivity contribution in [2.75, 3.05) is 13.6 Å². The Morgan fingerprint density at radius 1 is 1.39 bits per heavy atom. The van der Waals surface area contributed by atoms with Crippen molar-refractivity contribution in [3.05, 3.63) is 17.5 Å². The first-order valence-electron chi connectivity index (χ1n) is 6.95. The van der Waals surface area contributed by atoms with E-state index < -0.39 is 0 Å². The number of hydrogen-bond acceptors (Lipinski definition) is 3. The normalized spacial score (nSPS) is 19.4. The van der Waals surface area contributed by atoms with E-state index in [-0.39, 0.29) is 5.54 Å². The topological polar surface area (TPSA) is 47.1 Å². The fourth-order valence-corrected chi connectivity index (χ4v) is 3.10. The van der Waals surface area contributed by atoms with Crippen LogP contribution in [-0.4, -0.2) is 33.8 Å². The second-order valence-electron chi connectivity index (χ2n) is 6.01. The molecule has 2 N–H and O–H groups in total. The second kappa shape index (κ2) is 5.41. The highest BCUT2D eigenvalue weighted by Gasteiger charge is 2.28. The number of nitrogens with two attached hydrogens (primary N) is 1. The van der Waals surface area contributed by atoms with Gasteiger partial charge in [-0.1, -0.05) is 19.3 Å². The maximum atomic E-state index is 6.49. The van der Waals surface area contributed by atoms with E-state index in [9.17, 15) is 0 Å². The van der Waals surface area contributed by atoms with Gasteiger partial charge in [-0.15, -0.1) is 0 Å². The molecule has 1 aromatic heterocycles. The summed E-state index contributed by atoms with van der Waals surface area (Å²) in [7, 11) is 4.14. The van der Waals surface area contributed by atoms with Crippen LogP contribution >= 0.6 is 0 Å². The summed E-state index contributed by atoms with van der Waals surface area (Å²) in [5.74, 6) is 0. The van der Waals surface area contributed by atoms with Crippen LogP contribution in [0.2, 0.25) is 0 Å². The molecule has 0 spiro atoms. The Kier molecular flexibility index (Phi) is 4.07. The summed E-state index contributed by atoms with van der Waals surface area (Å²) >= 11 is 0. The molecule has 1 saturated carbocycles. The first-order valence-corrected chi connectivity index (χ1v) is 6.95. The third kappa shape index (κ3) is 3.33. The number of likely N-dealkylation sites (N-methyl/N-ethyl adjacent to an activating group) is 1. The van der Waals surface area contributed by atoms with Crippen molar-refractivity contribution in [1.82, 2.24) is 14.7 Å². The van der Waals surface area contributed by atoms with E-state index in [2.05, 4.69) is 30.2 Å². The minimum Gasteiger partial charge on any atom is -0.324 e. The number of aromatic nitrogens is 2. The molecule has 1 heterocycles. The molecule has 2 rings (SSSR count). The van der Waals surface area contributed by atoms with E-state index in [1.807, 2.05) is 11.7 Å². The van der Waals surface area contributed by atoms with Crippen LogP contribution in [0.1, 0.15) is 43.4 Å². The Morgan fingerprint density at radius 2 is 2.06 bits per heavy atom. The third-order valence-corrected chi connectivity index (χ3v) is 3.99. The lowest BCUT2D eigenvalue weighted by atomic mass is 9.82. The van der Waals surface area contributed by atoms with Crippen LogP contribution in [0, 0.1) is 6.92 Å². The first kappa shape index (κ1) is 13.6. The smallest absolute Gasteiger partial charge is 0.0638 e. The molecule has 4 heteroatoms. The van der Waals surface area contributed by atoms with Crippen molar-refractivity contribution in [3.8, 4) is 0 Å². The van der Waals surface area contributed by atoms with E-state index in [4.69, 9.17) is 5.73 Å². The number of rotatable bonds is 4. The highest BCUT2D eigenvalue weighted by molar-refractivity contribution is 5.15. The van der Waals surface area contributed by atoms with Gasteiger partial charge in [0.2, 0.25) is 0 Å². The highest BCUT2D eigenvalue weighted by Crippen LogP contribution is 2.26. The minimum absolute atomic E-state index is 0.0309. The zero-order valence-electron chi connectivity index (χ0n) is 11.9. The molecule has 1 aliphatic rings. The molecule has 102 valence electrons. The Hall–Kier alpha value is -0.870. The zero-order chi connectivity index (χ0) is 13.2. The molecule has 0 unspecified atom stereocenters. The molecule has 18 heavy (non-hydrogen) atoms. The molecule has 0 atom stereocenters. The summed E-state index contributed by atoms with van der Waals surface area (Å²) in [6.45, 7) is 4.00. The van der Waals surface area contributed by atoms with Crippen LogP contribution in [0.15, 0.2) is 6.20 Å². The predicted octanol–water partition coefficient (Wildman–Crippen LogP) is 1.82.